The van der Waals surface area contributed by atoms with Gasteiger partial charge in [0, 0.05) is 24.0 Å². The molecule has 0 saturated heterocycles. The van der Waals surface area contributed by atoms with Gasteiger partial charge in [-0.1, -0.05) is 17.7 Å². The van der Waals surface area contributed by atoms with Crippen LogP contribution in [0.5, 0.6) is 0 Å². The monoisotopic (exact) mass is 306 g/mol. The highest BCUT2D eigenvalue weighted by molar-refractivity contribution is 6.31. The lowest BCUT2D eigenvalue weighted by Crippen LogP contribution is -2.22. The van der Waals surface area contributed by atoms with Gasteiger partial charge in [-0.05, 0) is 36.8 Å². The van der Waals surface area contributed by atoms with Crippen molar-refractivity contribution < 1.29 is 14.3 Å². The number of rotatable bonds is 4. The molecule has 0 aliphatic carbocycles. The van der Waals surface area contributed by atoms with Crippen LogP contribution in [0.3, 0.4) is 0 Å². The van der Waals surface area contributed by atoms with Crippen molar-refractivity contribution in [2.75, 3.05) is 11.9 Å². The zero-order valence-corrected chi connectivity index (χ0v) is 12.5. The quantitative estimate of drug-likeness (QED) is 0.884. The Labute approximate surface area is 127 Å². The summed E-state index contributed by atoms with van der Waals surface area (Å²) in [6.07, 6.45) is 1.73. The second-order valence-electron chi connectivity index (χ2n) is 4.54. The lowest BCUT2D eigenvalue weighted by atomic mass is 10.2. The van der Waals surface area contributed by atoms with Crippen LogP contribution >= 0.6 is 11.6 Å². The Morgan fingerprint density at radius 2 is 2.05 bits per heavy atom. The lowest BCUT2D eigenvalue weighted by molar-refractivity contribution is -0.119. The number of esters is 1. The number of hydrogen-bond acceptors (Lipinski definition) is 3. The number of ether oxygens (including phenoxy) is 1. The largest absolute Gasteiger partial charge is 0.451 e. The maximum Gasteiger partial charge on any atom is 0.355 e. The van der Waals surface area contributed by atoms with Crippen LogP contribution in [-0.4, -0.2) is 23.1 Å². The number of halogens is 1. The average Bonchev–Trinajstić information content (AvgIpc) is 2.87. The molecule has 0 atom stereocenters. The Kier molecular flexibility index (Phi) is 4.65. The van der Waals surface area contributed by atoms with Crippen LogP contribution in [0.2, 0.25) is 5.02 Å². The second kappa shape index (κ2) is 6.45. The topological polar surface area (TPSA) is 60.3 Å². The van der Waals surface area contributed by atoms with Crippen molar-refractivity contribution in [3.63, 3.8) is 0 Å². The molecule has 1 amide bonds. The molecular formula is C15H15ClN2O3. The molecule has 2 aromatic rings. The first kappa shape index (κ1) is 15.1. The molecule has 0 unspecified atom stereocenters. The van der Waals surface area contributed by atoms with Crippen molar-refractivity contribution in [2.45, 2.75) is 6.92 Å². The molecule has 0 spiro atoms. The summed E-state index contributed by atoms with van der Waals surface area (Å²) < 4.78 is 6.59. The van der Waals surface area contributed by atoms with Gasteiger partial charge < -0.3 is 14.6 Å². The molecule has 0 aliphatic heterocycles. The molecular weight excluding hydrogens is 292 g/mol. The van der Waals surface area contributed by atoms with E-state index in [-0.39, 0.29) is 6.61 Å². The summed E-state index contributed by atoms with van der Waals surface area (Å²) in [4.78, 5) is 23.6. The summed E-state index contributed by atoms with van der Waals surface area (Å²) in [6.45, 7) is 1.45. The zero-order chi connectivity index (χ0) is 15.4. The van der Waals surface area contributed by atoms with E-state index in [4.69, 9.17) is 16.3 Å². The molecule has 1 aromatic carbocycles. The third kappa shape index (κ3) is 3.64. The van der Waals surface area contributed by atoms with Crippen LogP contribution in [0, 0.1) is 6.92 Å². The SMILES string of the molecule is Cc1c(Cl)cccc1NC(=O)COC(=O)c1cccn1C. The predicted octanol–water partition coefficient (Wildman–Crippen LogP) is 2.78. The number of carbonyl (C=O) groups excluding carboxylic acids is 2. The van der Waals surface area contributed by atoms with Crippen LogP contribution in [-0.2, 0) is 16.6 Å². The van der Waals surface area contributed by atoms with Gasteiger partial charge in [-0.25, -0.2) is 4.79 Å². The van der Waals surface area contributed by atoms with Crippen molar-refractivity contribution in [3.05, 3.63) is 52.8 Å². The predicted molar refractivity (Wildman–Crippen MR) is 80.5 cm³/mol. The summed E-state index contributed by atoms with van der Waals surface area (Å²) in [5.41, 5.74) is 1.76. The van der Waals surface area contributed by atoms with Crippen molar-refractivity contribution in [1.29, 1.82) is 0 Å². The highest BCUT2D eigenvalue weighted by Crippen LogP contribution is 2.22. The summed E-state index contributed by atoms with van der Waals surface area (Å²) in [5, 5.41) is 3.22. The van der Waals surface area contributed by atoms with Crippen molar-refractivity contribution >= 4 is 29.2 Å². The molecule has 5 nitrogen and oxygen atoms in total. The minimum atomic E-state index is -0.541. The van der Waals surface area contributed by atoms with E-state index in [2.05, 4.69) is 5.32 Å². The van der Waals surface area contributed by atoms with E-state index in [1.807, 2.05) is 0 Å². The third-order valence-corrected chi connectivity index (χ3v) is 3.44. The molecule has 6 heteroatoms. The first-order chi connectivity index (χ1) is 9.99. The van der Waals surface area contributed by atoms with Gasteiger partial charge in [0.2, 0.25) is 0 Å². The fraction of sp³-hybridized carbons (Fsp3) is 0.200. The molecule has 1 heterocycles. The standard InChI is InChI=1S/C15H15ClN2O3/c1-10-11(16)5-3-6-12(10)17-14(19)9-21-15(20)13-7-4-8-18(13)2/h3-8H,9H2,1-2H3,(H,17,19). The minimum absolute atomic E-state index is 0.351. The number of carbonyl (C=O) groups is 2. The molecule has 0 aliphatic rings. The van der Waals surface area contributed by atoms with E-state index >= 15 is 0 Å². The Morgan fingerprint density at radius 3 is 2.71 bits per heavy atom. The molecule has 21 heavy (non-hydrogen) atoms. The highest BCUT2D eigenvalue weighted by Gasteiger charge is 2.13. The number of amides is 1. The number of benzene rings is 1. The van der Waals surface area contributed by atoms with Gasteiger partial charge >= 0.3 is 5.97 Å². The first-order valence-corrected chi connectivity index (χ1v) is 6.70. The number of nitrogens with zero attached hydrogens (tertiary/aromatic N) is 1. The van der Waals surface area contributed by atoms with E-state index in [0.29, 0.717) is 16.4 Å². The summed E-state index contributed by atoms with van der Waals surface area (Å²) >= 11 is 5.97. The van der Waals surface area contributed by atoms with E-state index in [1.54, 1.807) is 55.1 Å². The fourth-order valence-electron chi connectivity index (χ4n) is 1.81. The summed E-state index contributed by atoms with van der Waals surface area (Å²) in [6, 6.07) is 8.56. The summed E-state index contributed by atoms with van der Waals surface area (Å²) in [7, 11) is 1.73. The number of aryl methyl sites for hydroxylation is 1. The van der Waals surface area contributed by atoms with Gasteiger partial charge in [-0.15, -0.1) is 0 Å². The number of aromatic nitrogens is 1. The lowest BCUT2D eigenvalue weighted by Gasteiger charge is -2.10. The van der Waals surface area contributed by atoms with Gasteiger partial charge in [0.15, 0.2) is 6.61 Å². The molecule has 0 fully saturated rings. The molecule has 0 radical (unpaired) electrons. The number of hydrogen-bond donors (Lipinski definition) is 1. The van der Waals surface area contributed by atoms with Crippen LogP contribution in [0.15, 0.2) is 36.5 Å². The summed E-state index contributed by atoms with van der Waals surface area (Å²) in [5.74, 6) is -0.955. The highest BCUT2D eigenvalue weighted by atomic mass is 35.5. The van der Waals surface area contributed by atoms with Gasteiger partial charge in [-0.3, -0.25) is 4.79 Å². The zero-order valence-electron chi connectivity index (χ0n) is 11.7. The van der Waals surface area contributed by atoms with Crippen molar-refractivity contribution in [2.24, 2.45) is 7.05 Å². The Morgan fingerprint density at radius 1 is 1.29 bits per heavy atom. The fourth-order valence-corrected chi connectivity index (χ4v) is 1.98. The number of anilines is 1. The van der Waals surface area contributed by atoms with Crippen LogP contribution < -0.4 is 5.32 Å². The Balaban J connectivity index is 1.92. The first-order valence-electron chi connectivity index (χ1n) is 6.32. The molecule has 1 N–H and O–H groups in total. The maximum absolute atomic E-state index is 11.8. The van der Waals surface area contributed by atoms with Gasteiger partial charge in [-0.2, -0.15) is 0 Å². The van der Waals surface area contributed by atoms with E-state index < -0.39 is 11.9 Å². The van der Waals surface area contributed by atoms with Crippen LogP contribution in [0.4, 0.5) is 5.69 Å². The van der Waals surface area contributed by atoms with Crippen LogP contribution in [0.25, 0.3) is 0 Å². The van der Waals surface area contributed by atoms with Crippen LogP contribution in [0.1, 0.15) is 16.1 Å². The molecule has 0 saturated carbocycles. The normalized spacial score (nSPS) is 10.2. The van der Waals surface area contributed by atoms with E-state index in [9.17, 15) is 9.59 Å². The molecule has 110 valence electrons. The minimum Gasteiger partial charge on any atom is -0.451 e. The molecule has 1 aromatic heterocycles. The molecule has 2 rings (SSSR count). The van der Waals surface area contributed by atoms with E-state index in [1.165, 1.54) is 0 Å². The van der Waals surface area contributed by atoms with E-state index in [0.717, 1.165) is 5.56 Å². The van der Waals surface area contributed by atoms with Gasteiger partial charge in [0.1, 0.15) is 5.69 Å². The Bertz CT molecular complexity index is 679. The van der Waals surface area contributed by atoms with Gasteiger partial charge in [0.05, 0.1) is 0 Å². The average molecular weight is 307 g/mol. The number of nitrogens with one attached hydrogen (secondary N) is 1. The maximum atomic E-state index is 11.8. The third-order valence-electron chi connectivity index (χ3n) is 3.03. The van der Waals surface area contributed by atoms with Crippen molar-refractivity contribution in [3.8, 4) is 0 Å². The second-order valence-corrected chi connectivity index (χ2v) is 4.95. The smallest absolute Gasteiger partial charge is 0.355 e. The van der Waals surface area contributed by atoms with Gasteiger partial charge in [0.25, 0.3) is 5.91 Å². The van der Waals surface area contributed by atoms with Crippen molar-refractivity contribution in [1.82, 2.24) is 4.57 Å². The molecule has 0 bridgehead atoms. The Hall–Kier alpha value is -2.27.